The molecule has 1 atom stereocenters. The molecule has 0 aliphatic carbocycles. The zero-order valence-corrected chi connectivity index (χ0v) is 15.0. The fourth-order valence-corrected chi connectivity index (χ4v) is 3.17. The molecule has 4 nitrogen and oxygen atoms in total. The molecule has 0 aliphatic rings. The van der Waals surface area contributed by atoms with Crippen molar-refractivity contribution >= 4 is 22.5 Å². The van der Waals surface area contributed by atoms with E-state index in [9.17, 15) is 4.79 Å². The number of anilines is 1. The van der Waals surface area contributed by atoms with Crippen LogP contribution in [0.1, 0.15) is 29.1 Å². The number of aromatic nitrogens is 2. The van der Waals surface area contributed by atoms with Gasteiger partial charge in [0.2, 0.25) is 0 Å². The number of nitrogens with zero attached hydrogens (tertiary/aromatic N) is 3. The molecular weight excluding hydrogens is 334 g/mol. The summed E-state index contributed by atoms with van der Waals surface area (Å²) in [5, 5.41) is 1.01. The molecule has 0 saturated carbocycles. The highest BCUT2D eigenvalue weighted by molar-refractivity contribution is 6.06. The van der Waals surface area contributed by atoms with Crippen molar-refractivity contribution in [2.24, 2.45) is 0 Å². The third-order valence-corrected chi connectivity index (χ3v) is 4.57. The molecule has 2 heterocycles. The van der Waals surface area contributed by atoms with Crippen molar-refractivity contribution in [3.63, 3.8) is 0 Å². The molecule has 0 N–H and O–H groups in total. The Hall–Kier alpha value is -3.53. The highest BCUT2D eigenvalue weighted by Gasteiger charge is 2.26. The minimum atomic E-state index is -0.227. The van der Waals surface area contributed by atoms with E-state index < -0.39 is 0 Å². The van der Waals surface area contributed by atoms with Crippen LogP contribution in [0.2, 0.25) is 0 Å². The predicted molar refractivity (Wildman–Crippen MR) is 108 cm³/mol. The van der Waals surface area contributed by atoms with Crippen molar-refractivity contribution in [1.29, 1.82) is 0 Å². The lowest BCUT2D eigenvalue weighted by Gasteiger charge is -2.29. The zero-order valence-electron chi connectivity index (χ0n) is 15.0. The number of hydrogen-bond acceptors (Lipinski definition) is 3. The number of para-hydroxylation sites is 2. The normalized spacial score (nSPS) is 11.9. The molecular formula is C23H19N3O. The van der Waals surface area contributed by atoms with Crippen molar-refractivity contribution in [2.45, 2.75) is 13.0 Å². The van der Waals surface area contributed by atoms with Crippen LogP contribution in [0.3, 0.4) is 0 Å². The van der Waals surface area contributed by atoms with Gasteiger partial charge in [-0.25, -0.2) is 4.98 Å². The average Bonchev–Trinajstić information content (AvgIpc) is 2.75. The molecule has 4 heteroatoms. The van der Waals surface area contributed by atoms with Gasteiger partial charge in [0.15, 0.2) is 0 Å². The Morgan fingerprint density at radius 3 is 2.37 bits per heavy atom. The maximum atomic E-state index is 13.4. The van der Waals surface area contributed by atoms with Crippen molar-refractivity contribution in [3.05, 3.63) is 103 Å². The molecule has 0 fully saturated rings. The molecule has 4 rings (SSSR count). The van der Waals surface area contributed by atoms with E-state index in [0.717, 1.165) is 22.3 Å². The number of pyridine rings is 2. The molecule has 1 amide bonds. The predicted octanol–water partition coefficient (Wildman–Crippen LogP) is 5.04. The first-order valence-corrected chi connectivity index (χ1v) is 8.89. The molecule has 0 aliphatic heterocycles. The first-order chi connectivity index (χ1) is 13.2. The second-order valence-corrected chi connectivity index (χ2v) is 6.33. The van der Waals surface area contributed by atoms with Crippen molar-refractivity contribution in [2.75, 3.05) is 4.90 Å². The second-order valence-electron chi connectivity index (χ2n) is 6.33. The Balaban J connectivity index is 1.78. The van der Waals surface area contributed by atoms with Crippen LogP contribution in [0, 0.1) is 0 Å². The standard InChI is InChI=1S/C23H19N3O/c1-17(20-12-7-8-16-24-20)26(19-10-3-2-4-11-19)23(27)22-15-14-18-9-5-6-13-21(18)25-22/h2-17H,1H3. The van der Waals surface area contributed by atoms with E-state index in [1.807, 2.05) is 85.8 Å². The largest absolute Gasteiger partial charge is 0.298 e. The number of fused-ring (bicyclic) bond motifs is 1. The maximum absolute atomic E-state index is 13.4. The summed E-state index contributed by atoms with van der Waals surface area (Å²) in [7, 11) is 0. The first kappa shape index (κ1) is 16.9. The molecule has 27 heavy (non-hydrogen) atoms. The molecule has 2 aromatic carbocycles. The summed E-state index contributed by atoms with van der Waals surface area (Å²) in [6.07, 6.45) is 1.74. The van der Waals surface area contributed by atoms with Gasteiger partial charge in [0.05, 0.1) is 17.3 Å². The van der Waals surface area contributed by atoms with Crippen LogP contribution in [0.4, 0.5) is 5.69 Å². The Morgan fingerprint density at radius 2 is 1.59 bits per heavy atom. The quantitative estimate of drug-likeness (QED) is 0.516. The lowest BCUT2D eigenvalue weighted by molar-refractivity contribution is 0.0973. The average molecular weight is 353 g/mol. The fraction of sp³-hybridized carbons (Fsp3) is 0.0870. The minimum absolute atomic E-state index is 0.148. The topological polar surface area (TPSA) is 46.1 Å². The summed E-state index contributed by atoms with van der Waals surface area (Å²) in [5.74, 6) is -0.148. The molecule has 0 spiro atoms. The van der Waals surface area contributed by atoms with Crippen LogP contribution in [0.25, 0.3) is 10.9 Å². The molecule has 0 bridgehead atoms. The molecule has 0 radical (unpaired) electrons. The number of amides is 1. The molecule has 0 saturated heterocycles. The third-order valence-electron chi connectivity index (χ3n) is 4.57. The SMILES string of the molecule is CC(c1ccccn1)N(C(=O)c1ccc2ccccc2n1)c1ccccc1. The minimum Gasteiger partial charge on any atom is -0.298 e. The van der Waals surface area contributed by atoms with Crippen LogP contribution < -0.4 is 4.90 Å². The number of hydrogen-bond donors (Lipinski definition) is 0. The van der Waals surface area contributed by atoms with E-state index in [0.29, 0.717) is 5.69 Å². The number of benzene rings is 2. The number of carbonyl (C=O) groups excluding carboxylic acids is 1. The van der Waals surface area contributed by atoms with E-state index in [-0.39, 0.29) is 11.9 Å². The van der Waals surface area contributed by atoms with Crippen LogP contribution in [-0.4, -0.2) is 15.9 Å². The monoisotopic (exact) mass is 353 g/mol. The highest BCUT2D eigenvalue weighted by Crippen LogP contribution is 2.27. The number of rotatable bonds is 4. The van der Waals surface area contributed by atoms with Crippen LogP contribution in [0.5, 0.6) is 0 Å². The van der Waals surface area contributed by atoms with E-state index in [2.05, 4.69) is 9.97 Å². The smallest absolute Gasteiger partial charge is 0.277 e. The van der Waals surface area contributed by atoms with Crippen LogP contribution in [-0.2, 0) is 0 Å². The third kappa shape index (κ3) is 3.42. The van der Waals surface area contributed by atoms with E-state index >= 15 is 0 Å². The molecule has 4 aromatic rings. The first-order valence-electron chi connectivity index (χ1n) is 8.89. The summed E-state index contributed by atoms with van der Waals surface area (Å²) in [4.78, 5) is 24.2. The number of carbonyl (C=O) groups is 1. The van der Waals surface area contributed by atoms with Gasteiger partial charge in [0.1, 0.15) is 5.69 Å². The Bertz CT molecular complexity index is 1060. The zero-order chi connectivity index (χ0) is 18.6. The lowest BCUT2D eigenvalue weighted by Crippen LogP contribution is -2.34. The van der Waals surface area contributed by atoms with Gasteiger partial charge < -0.3 is 0 Å². The van der Waals surface area contributed by atoms with Gasteiger partial charge in [-0.05, 0) is 43.3 Å². The molecule has 2 aromatic heterocycles. The summed E-state index contributed by atoms with van der Waals surface area (Å²) in [6.45, 7) is 1.98. The van der Waals surface area contributed by atoms with Crippen molar-refractivity contribution < 1.29 is 4.79 Å². The maximum Gasteiger partial charge on any atom is 0.277 e. The van der Waals surface area contributed by atoms with Crippen LogP contribution >= 0.6 is 0 Å². The van der Waals surface area contributed by atoms with E-state index in [4.69, 9.17) is 0 Å². The van der Waals surface area contributed by atoms with Crippen molar-refractivity contribution in [1.82, 2.24) is 9.97 Å². The molecule has 132 valence electrons. The summed E-state index contributed by atoms with van der Waals surface area (Å²) >= 11 is 0. The van der Waals surface area contributed by atoms with Gasteiger partial charge in [-0.3, -0.25) is 14.7 Å². The second kappa shape index (κ2) is 7.38. The molecule has 1 unspecified atom stereocenters. The van der Waals surface area contributed by atoms with Gasteiger partial charge in [-0.1, -0.05) is 48.5 Å². The van der Waals surface area contributed by atoms with Crippen molar-refractivity contribution in [3.8, 4) is 0 Å². The summed E-state index contributed by atoms with van der Waals surface area (Å²) in [6, 6.07) is 26.7. The Morgan fingerprint density at radius 1 is 0.852 bits per heavy atom. The van der Waals surface area contributed by atoms with Gasteiger partial charge >= 0.3 is 0 Å². The summed E-state index contributed by atoms with van der Waals surface area (Å²) < 4.78 is 0. The summed E-state index contributed by atoms with van der Waals surface area (Å²) in [5.41, 5.74) is 2.87. The lowest BCUT2D eigenvalue weighted by atomic mass is 10.1. The Labute approximate surface area is 158 Å². The fourth-order valence-electron chi connectivity index (χ4n) is 3.17. The van der Waals surface area contributed by atoms with Gasteiger partial charge in [-0.15, -0.1) is 0 Å². The van der Waals surface area contributed by atoms with Gasteiger partial charge in [-0.2, -0.15) is 0 Å². The highest BCUT2D eigenvalue weighted by atomic mass is 16.2. The van der Waals surface area contributed by atoms with Gasteiger partial charge in [0.25, 0.3) is 5.91 Å². The Kier molecular flexibility index (Phi) is 4.62. The van der Waals surface area contributed by atoms with Crippen LogP contribution in [0.15, 0.2) is 91.1 Å². The van der Waals surface area contributed by atoms with E-state index in [1.54, 1.807) is 17.2 Å². The van der Waals surface area contributed by atoms with Gasteiger partial charge in [0, 0.05) is 17.3 Å². The van der Waals surface area contributed by atoms with E-state index in [1.165, 1.54) is 0 Å².